The second-order valence-corrected chi connectivity index (χ2v) is 8.32. The van der Waals surface area contributed by atoms with Gasteiger partial charge in [-0.15, -0.1) is 11.3 Å². The highest BCUT2D eigenvalue weighted by atomic mass is 32.1. The average molecular weight is 449 g/mol. The van der Waals surface area contributed by atoms with E-state index in [2.05, 4.69) is 10.3 Å². The van der Waals surface area contributed by atoms with Gasteiger partial charge in [0.25, 0.3) is 5.92 Å². The van der Waals surface area contributed by atoms with Crippen LogP contribution in [0.25, 0.3) is 10.2 Å². The van der Waals surface area contributed by atoms with E-state index < -0.39 is 24.3 Å². The maximum Gasteiger partial charge on any atom is 0.296 e. The summed E-state index contributed by atoms with van der Waals surface area (Å²) in [6, 6.07) is 2.76. The number of carbonyl (C=O) groups excluding carboxylic acids is 1. The third kappa shape index (κ3) is 6.82. The number of alkyl halides is 2. The zero-order valence-corrected chi connectivity index (χ0v) is 17.8. The van der Waals surface area contributed by atoms with Gasteiger partial charge in [0.2, 0.25) is 5.91 Å². The van der Waals surface area contributed by atoms with Crippen molar-refractivity contribution in [3.8, 4) is 5.75 Å². The molecule has 1 unspecified atom stereocenters. The molecule has 6 nitrogen and oxygen atoms in total. The minimum absolute atomic E-state index is 0.0192. The number of hydrogen-bond acceptors (Lipinski definition) is 6. The minimum Gasteiger partial charge on any atom is -0.487 e. The highest BCUT2D eigenvalue weighted by molar-refractivity contribution is 7.18. The van der Waals surface area contributed by atoms with Crippen molar-refractivity contribution in [3.63, 3.8) is 0 Å². The number of hydrogen-bond donors (Lipinski definition) is 3. The molecule has 0 spiro atoms. The number of carbonyl (C=O) groups is 1. The van der Waals surface area contributed by atoms with Gasteiger partial charge in [0.1, 0.15) is 6.61 Å². The molecule has 1 atom stereocenters. The summed E-state index contributed by atoms with van der Waals surface area (Å²) < 4.78 is 46.9. The molecule has 1 aliphatic rings. The van der Waals surface area contributed by atoms with Crippen LogP contribution >= 0.6 is 11.3 Å². The van der Waals surface area contributed by atoms with Gasteiger partial charge in [-0.3, -0.25) is 4.79 Å². The molecule has 1 aliphatic carbocycles. The lowest BCUT2D eigenvalue weighted by molar-refractivity contribution is -0.124. The lowest BCUT2D eigenvalue weighted by Gasteiger charge is -2.23. The number of thiazole rings is 1. The summed E-state index contributed by atoms with van der Waals surface area (Å²) in [5, 5.41) is 18.5. The van der Waals surface area contributed by atoms with E-state index in [-0.39, 0.29) is 39.7 Å². The van der Waals surface area contributed by atoms with Gasteiger partial charge in [-0.1, -0.05) is 6.42 Å². The van der Waals surface area contributed by atoms with Gasteiger partial charge in [-0.2, -0.15) is 8.78 Å². The Bertz CT molecular complexity index is 835. The summed E-state index contributed by atoms with van der Waals surface area (Å²) in [6.07, 6.45) is 5.20. The summed E-state index contributed by atoms with van der Waals surface area (Å²) in [7, 11) is 0. The maximum absolute atomic E-state index is 14.4. The summed E-state index contributed by atoms with van der Waals surface area (Å²) in [5.74, 6) is -3.95. The number of amides is 1. The molecule has 0 bridgehead atoms. The van der Waals surface area contributed by atoms with Crippen LogP contribution in [0, 0.1) is 5.82 Å². The van der Waals surface area contributed by atoms with Crippen molar-refractivity contribution in [3.05, 3.63) is 23.0 Å². The van der Waals surface area contributed by atoms with Crippen LogP contribution in [-0.2, 0) is 10.7 Å². The second kappa shape index (κ2) is 10.9. The SMILES string of the molecule is CC(CO)NC(=O)CO.CC(F)(F)c1nc2ccc(OC3CCCCC3)c(F)c2s1. The summed E-state index contributed by atoms with van der Waals surface area (Å²) >= 11 is 0.691. The molecule has 30 heavy (non-hydrogen) atoms. The summed E-state index contributed by atoms with van der Waals surface area (Å²) in [6.45, 7) is 1.78. The van der Waals surface area contributed by atoms with Crippen LogP contribution in [0.15, 0.2) is 12.1 Å². The van der Waals surface area contributed by atoms with Gasteiger partial charge in [0.05, 0.1) is 22.9 Å². The van der Waals surface area contributed by atoms with Gasteiger partial charge >= 0.3 is 0 Å². The standard InChI is InChI=1S/C15H16F3NOS.C5H11NO3/c1-15(17,18)14-19-10-7-8-11(12(16)13(10)21-14)20-9-5-3-2-4-6-9;1-4(2-7)6-5(9)3-8/h7-9H,2-6H2,1H3;4,7-8H,2-3H2,1H3,(H,6,9). The molecule has 0 saturated heterocycles. The molecule has 1 fully saturated rings. The van der Waals surface area contributed by atoms with E-state index in [0.29, 0.717) is 11.3 Å². The predicted octanol–water partition coefficient (Wildman–Crippen LogP) is 3.73. The molecular formula is C20H27F3N2O4S. The molecule has 0 radical (unpaired) electrons. The van der Waals surface area contributed by atoms with Crippen LogP contribution in [0.1, 0.15) is 51.0 Å². The molecule has 168 valence electrons. The van der Waals surface area contributed by atoms with Crippen molar-refractivity contribution < 1.29 is 32.9 Å². The van der Waals surface area contributed by atoms with Gasteiger partial charge in [-0.05, 0) is 44.7 Å². The topological polar surface area (TPSA) is 91.7 Å². The zero-order chi connectivity index (χ0) is 22.3. The van der Waals surface area contributed by atoms with Crippen LogP contribution in [0.2, 0.25) is 0 Å². The Hall–Kier alpha value is -1.91. The molecule has 2 aromatic rings. The molecule has 1 aromatic carbocycles. The fraction of sp³-hybridized carbons (Fsp3) is 0.600. The van der Waals surface area contributed by atoms with E-state index in [0.717, 1.165) is 32.6 Å². The van der Waals surface area contributed by atoms with Crippen LogP contribution in [0.5, 0.6) is 5.75 Å². The van der Waals surface area contributed by atoms with Gasteiger partial charge < -0.3 is 20.3 Å². The Morgan fingerprint density at radius 3 is 2.57 bits per heavy atom. The Morgan fingerprint density at radius 2 is 2.00 bits per heavy atom. The molecule has 0 aliphatic heterocycles. The highest BCUT2D eigenvalue weighted by Gasteiger charge is 2.30. The largest absolute Gasteiger partial charge is 0.487 e. The monoisotopic (exact) mass is 448 g/mol. The first-order valence-electron chi connectivity index (χ1n) is 9.80. The average Bonchev–Trinajstić information content (AvgIpc) is 3.17. The predicted molar refractivity (Wildman–Crippen MR) is 108 cm³/mol. The number of ether oxygens (including phenoxy) is 1. The quantitative estimate of drug-likeness (QED) is 0.626. The fourth-order valence-electron chi connectivity index (χ4n) is 2.95. The number of rotatable bonds is 6. The number of aliphatic hydroxyl groups excluding tert-OH is 2. The zero-order valence-electron chi connectivity index (χ0n) is 17.0. The lowest BCUT2D eigenvalue weighted by atomic mass is 9.98. The molecule has 1 saturated carbocycles. The van der Waals surface area contributed by atoms with E-state index in [1.165, 1.54) is 12.5 Å². The van der Waals surface area contributed by atoms with Crippen LogP contribution in [-0.4, -0.2) is 46.5 Å². The van der Waals surface area contributed by atoms with Gasteiger partial charge in [0, 0.05) is 13.0 Å². The second-order valence-electron chi connectivity index (χ2n) is 7.32. The van der Waals surface area contributed by atoms with Gasteiger partial charge in [-0.25, -0.2) is 9.37 Å². The number of fused-ring (bicyclic) bond motifs is 1. The first-order valence-corrected chi connectivity index (χ1v) is 10.6. The molecule has 1 amide bonds. The third-order valence-corrected chi connectivity index (χ3v) is 5.74. The number of nitrogens with zero attached hydrogens (tertiary/aromatic N) is 1. The van der Waals surface area contributed by atoms with E-state index in [1.807, 2.05) is 0 Å². The molecule has 1 heterocycles. The normalized spacial score (nSPS) is 16.0. The number of aromatic nitrogens is 1. The Balaban J connectivity index is 0.000000303. The third-order valence-electron chi connectivity index (χ3n) is 4.51. The summed E-state index contributed by atoms with van der Waals surface area (Å²) in [5.41, 5.74) is 0.255. The van der Waals surface area contributed by atoms with E-state index >= 15 is 0 Å². The molecule has 10 heteroatoms. The van der Waals surface area contributed by atoms with Crippen molar-refractivity contribution >= 4 is 27.5 Å². The lowest BCUT2D eigenvalue weighted by Crippen LogP contribution is -2.36. The van der Waals surface area contributed by atoms with Gasteiger partial charge in [0.15, 0.2) is 16.6 Å². The summed E-state index contributed by atoms with van der Waals surface area (Å²) in [4.78, 5) is 14.1. The number of benzene rings is 1. The van der Waals surface area contributed by atoms with E-state index in [4.69, 9.17) is 14.9 Å². The fourth-order valence-corrected chi connectivity index (χ4v) is 3.87. The Kier molecular flexibility index (Phi) is 8.87. The number of nitrogens with one attached hydrogen (secondary N) is 1. The van der Waals surface area contributed by atoms with E-state index in [9.17, 15) is 18.0 Å². The Morgan fingerprint density at radius 1 is 1.33 bits per heavy atom. The van der Waals surface area contributed by atoms with Crippen molar-refractivity contribution in [2.24, 2.45) is 0 Å². The smallest absolute Gasteiger partial charge is 0.296 e. The molecule has 3 rings (SSSR count). The number of aliphatic hydroxyl groups is 2. The Labute approximate surface area is 177 Å². The number of halogens is 3. The molecule has 3 N–H and O–H groups in total. The first-order chi connectivity index (χ1) is 14.2. The van der Waals surface area contributed by atoms with E-state index in [1.54, 1.807) is 13.0 Å². The molecule has 1 aromatic heterocycles. The first kappa shape index (κ1) is 24.4. The van der Waals surface area contributed by atoms with Crippen molar-refractivity contribution in [1.82, 2.24) is 10.3 Å². The molecular weight excluding hydrogens is 421 g/mol. The maximum atomic E-state index is 14.4. The van der Waals surface area contributed by atoms with Crippen LogP contribution in [0.3, 0.4) is 0 Å². The van der Waals surface area contributed by atoms with Crippen LogP contribution in [0.4, 0.5) is 13.2 Å². The van der Waals surface area contributed by atoms with Crippen LogP contribution < -0.4 is 10.1 Å². The van der Waals surface area contributed by atoms with Crippen molar-refractivity contribution in [2.45, 2.75) is 64.0 Å². The highest BCUT2D eigenvalue weighted by Crippen LogP contribution is 2.38. The van der Waals surface area contributed by atoms with Crippen molar-refractivity contribution in [2.75, 3.05) is 13.2 Å². The van der Waals surface area contributed by atoms with Crippen molar-refractivity contribution in [1.29, 1.82) is 0 Å². The minimum atomic E-state index is -3.06.